The van der Waals surface area contributed by atoms with E-state index in [1.54, 1.807) is 18.2 Å². The van der Waals surface area contributed by atoms with Crippen molar-refractivity contribution >= 4 is 29.3 Å². The largest absolute Gasteiger partial charge is 0.465 e. The molecule has 86 valence electrons. The molecule has 1 aromatic heterocycles. The maximum atomic E-state index is 11.3. The molecular weight excluding hydrogens is 230 g/mol. The lowest BCUT2D eigenvalue weighted by molar-refractivity contribution is 0.0601. The Balaban J connectivity index is 0.00000128. The average Bonchev–Trinajstić information content (AvgIpc) is 2.69. The average molecular weight is 242 g/mol. The molecule has 0 aliphatic heterocycles. The number of hydrogen-bond acceptors (Lipinski definition) is 4. The van der Waals surface area contributed by atoms with Gasteiger partial charge in [0.05, 0.1) is 19.2 Å². The smallest absolute Gasteiger partial charge is 0.337 e. The van der Waals surface area contributed by atoms with Gasteiger partial charge in [-0.15, -0.1) is 12.4 Å². The fourth-order valence-electron chi connectivity index (χ4n) is 1.44. The normalized spacial score (nSPS) is 9.88. The highest BCUT2D eigenvalue weighted by Crippen LogP contribution is 2.20. The predicted molar refractivity (Wildman–Crippen MR) is 62.7 cm³/mol. The van der Waals surface area contributed by atoms with Gasteiger partial charge in [-0.1, -0.05) is 0 Å². The second-order valence-electron chi connectivity index (χ2n) is 3.16. The third kappa shape index (κ3) is 2.18. The maximum absolute atomic E-state index is 11.3. The van der Waals surface area contributed by atoms with Crippen molar-refractivity contribution in [1.82, 2.24) is 0 Å². The molecule has 0 saturated carbocycles. The zero-order valence-corrected chi connectivity index (χ0v) is 9.54. The van der Waals surface area contributed by atoms with E-state index in [0.29, 0.717) is 17.9 Å². The second kappa shape index (κ2) is 5.01. The van der Waals surface area contributed by atoms with Crippen molar-refractivity contribution in [3.8, 4) is 0 Å². The van der Waals surface area contributed by atoms with E-state index in [9.17, 15) is 4.79 Å². The number of carbonyl (C=O) groups excluding carboxylic acids is 1. The number of halogens is 1. The number of esters is 1. The maximum Gasteiger partial charge on any atom is 0.337 e. The number of nitrogens with two attached hydrogens (primary N) is 1. The van der Waals surface area contributed by atoms with Crippen LogP contribution in [0.2, 0.25) is 0 Å². The van der Waals surface area contributed by atoms with E-state index < -0.39 is 0 Å². The molecule has 4 nitrogen and oxygen atoms in total. The number of ether oxygens (including phenoxy) is 1. The van der Waals surface area contributed by atoms with Crippen LogP contribution in [0.4, 0.5) is 0 Å². The molecule has 16 heavy (non-hydrogen) atoms. The van der Waals surface area contributed by atoms with Gasteiger partial charge in [-0.25, -0.2) is 4.79 Å². The lowest BCUT2D eigenvalue weighted by atomic mass is 10.1. The van der Waals surface area contributed by atoms with E-state index in [0.717, 1.165) is 11.0 Å². The zero-order valence-electron chi connectivity index (χ0n) is 8.73. The lowest BCUT2D eigenvalue weighted by Gasteiger charge is -1.97. The second-order valence-corrected chi connectivity index (χ2v) is 3.16. The highest BCUT2D eigenvalue weighted by atomic mass is 35.5. The summed E-state index contributed by atoms with van der Waals surface area (Å²) in [6, 6.07) is 6.95. The van der Waals surface area contributed by atoms with Gasteiger partial charge in [-0.2, -0.15) is 0 Å². The molecule has 0 fully saturated rings. The molecule has 2 rings (SSSR count). The first-order valence-corrected chi connectivity index (χ1v) is 4.55. The molecule has 0 atom stereocenters. The summed E-state index contributed by atoms with van der Waals surface area (Å²) in [6.45, 7) is 0.349. The number of carbonyl (C=O) groups is 1. The minimum Gasteiger partial charge on any atom is -0.465 e. The molecule has 0 spiro atoms. The van der Waals surface area contributed by atoms with Gasteiger partial charge in [-0.3, -0.25) is 0 Å². The molecular formula is C11H12ClNO3. The van der Waals surface area contributed by atoms with E-state index in [1.165, 1.54) is 7.11 Å². The summed E-state index contributed by atoms with van der Waals surface area (Å²) in [6.07, 6.45) is 0. The van der Waals surface area contributed by atoms with Gasteiger partial charge in [0.25, 0.3) is 0 Å². The van der Waals surface area contributed by atoms with Crippen LogP contribution in [-0.2, 0) is 11.3 Å². The van der Waals surface area contributed by atoms with E-state index in [1.807, 2.05) is 6.07 Å². The van der Waals surface area contributed by atoms with Crippen LogP contribution in [-0.4, -0.2) is 13.1 Å². The van der Waals surface area contributed by atoms with Crippen LogP contribution in [0.25, 0.3) is 11.0 Å². The Morgan fingerprint density at radius 3 is 2.81 bits per heavy atom. The first-order valence-electron chi connectivity index (χ1n) is 4.55. The Kier molecular flexibility index (Phi) is 3.93. The van der Waals surface area contributed by atoms with Crippen LogP contribution in [0.15, 0.2) is 28.7 Å². The molecule has 0 bridgehead atoms. The molecule has 0 aliphatic carbocycles. The first-order chi connectivity index (χ1) is 7.24. The third-order valence-electron chi connectivity index (χ3n) is 2.19. The SMILES string of the molecule is COC(=O)c1ccc2oc(CN)cc2c1.Cl. The van der Waals surface area contributed by atoms with Crippen LogP contribution in [0.3, 0.4) is 0 Å². The minimum atomic E-state index is -0.354. The summed E-state index contributed by atoms with van der Waals surface area (Å²) in [7, 11) is 1.35. The number of furan rings is 1. The molecule has 5 heteroatoms. The third-order valence-corrected chi connectivity index (χ3v) is 2.19. The van der Waals surface area contributed by atoms with E-state index in [-0.39, 0.29) is 18.4 Å². The van der Waals surface area contributed by atoms with Crippen molar-refractivity contribution in [3.63, 3.8) is 0 Å². The first kappa shape index (κ1) is 12.5. The van der Waals surface area contributed by atoms with Gasteiger partial charge in [0.15, 0.2) is 0 Å². The standard InChI is InChI=1S/C11H11NO3.ClH/c1-14-11(13)7-2-3-10-8(4-7)5-9(6-12)15-10;/h2-5H,6,12H2,1H3;1H. The van der Waals surface area contributed by atoms with Crippen molar-refractivity contribution in [3.05, 3.63) is 35.6 Å². The number of methoxy groups -OCH3 is 1. The number of hydrogen-bond donors (Lipinski definition) is 1. The van der Waals surface area contributed by atoms with Crippen molar-refractivity contribution in [2.24, 2.45) is 5.73 Å². The quantitative estimate of drug-likeness (QED) is 0.818. The summed E-state index contributed by atoms with van der Waals surface area (Å²) in [4.78, 5) is 11.3. The van der Waals surface area contributed by atoms with Gasteiger partial charge >= 0.3 is 5.97 Å². The van der Waals surface area contributed by atoms with Gasteiger partial charge in [-0.05, 0) is 24.3 Å². The van der Waals surface area contributed by atoms with Crippen LogP contribution in [0.5, 0.6) is 0 Å². The Hall–Kier alpha value is -1.52. The zero-order chi connectivity index (χ0) is 10.8. The Morgan fingerprint density at radius 1 is 1.44 bits per heavy atom. The fraction of sp³-hybridized carbons (Fsp3) is 0.182. The summed E-state index contributed by atoms with van der Waals surface area (Å²) in [5.41, 5.74) is 6.69. The van der Waals surface area contributed by atoms with E-state index in [2.05, 4.69) is 4.74 Å². The monoisotopic (exact) mass is 241 g/mol. The number of rotatable bonds is 2. The molecule has 1 heterocycles. The summed E-state index contributed by atoms with van der Waals surface area (Å²) in [5.74, 6) is 0.347. The highest BCUT2D eigenvalue weighted by Gasteiger charge is 2.08. The van der Waals surface area contributed by atoms with Gasteiger partial charge in [0.2, 0.25) is 0 Å². The summed E-state index contributed by atoms with van der Waals surface area (Å²) in [5, 5.41) is 0.860. The Bertz CT molecular complexity index is 507. The Morgan fingerprint density at radius 2 is 2.19 bits per heavy atom. The number of fused-ring (bicyclic) bond motifs is 1. The van der Waals surface area contributed by atoms with Crippen molar-refractivity contribution in [2.45, 2.75) is 6.54 Å². The lowest BCUT2D eigenvalue weighted by Crippen LogP contribution is -1.99. The van der Waals surface area contributed by atoms with Crippen molar-refractivity contribution < 1.29 is 13.9 Å². The van der Waals surface area contributed by atoms with Gasteiger partial charge in [0, 0.05) is 5.39 Å². The molecule has 0 saturated heterocycles. The van der Waals surface area contributed by atoms with Crippen molar-refractivity contribution in [2.75, 3.05) is 7.11 Å². The molecule has 2 aromatic rings. The highest BCUT2D eigenvalue weighted by molar-refractivity contribution is 5.94. The fourth-order valence-corrected chi connectivity index (χ4v) is 1.44. The summed E-state index contributed by atoms with van der Waals surface area (Å²) >= 11 is 0. The Labute approximate surface area is 98.8 Å². The van der Waals surface area contributed by atoms with Crippen LogP contribution in [0, 0.1) is 0 Å². The van der Waals surface area contributed by atoms with E-state index in [4.69, 9.17) is 10.2 Å². The molecule has 0 unspecified atom stereocenters. The molecule has 0 amide bonds. The van der Waals surface area contributed by atoms with Crippen LogP contribution >= 0.6 is 12.4 Å². The molecule has 0 aliphatic rings. The van der Waals surface area contributed by atoms with E-state index >= 15 is 0 Å². The van der Waals surface area contributed by atoms with Gasteiger partial charge < -0.3 is 14.9 Å². The minimum absolute atomic E-state index is 0. The van der Waals surface area contributed by atoms with Crippen molar-refractivity contribution in [1.29, 1.82) is 0 Å². The molecule has 0 radical (unpaired) electrons. The predicted octanol–water partition coefficient (Wildman–Crippen LogP) is 2.10. The molecule has 1 aromatic carbocycles. The number of benzene rings is 1. The molecule has 2 N–H and O–H groups in total. The van der Waals surface area contributed by atoms with Crippen LogP contribution in [0.1, 0.15) is 16.1 Å². The van der Waals surface area contributed by atoms with Crippen LogP contribution < -0.4 is 5.73 Å². The summed E-state index contributed by atoms with van der Waals surface area (Å²) < 4.78 is 10.0. The van der Waals surface area contributed by atoms with Gasteiger partial charge in [0.1, 0.15) is 11.3 Å². The topological polar surface area (TPSA) is 65.5 Å².